The summed E-state index contributed by atoms with van der Waals surface area (Å²) in [5, 5.41) is 13.8. The Bertz CT molecular complexity index is 756. The third kappa shape index (κ3) is 2.82. The predicted molar refractivity (Wildman–Crippen MR) is 83.2 cm³/mol. The molecule has 1 amide bonds. The molecule has 120 valence electrons. The molecule has 7 heteroatoms. The van der Waals surface area contributed by atoms with Crippen LogP contribution in [0.25, 0.3) is 11.3 Å². The molecule has 0 spiro atoms. The summed E-state index contributed by atoms with van der Waals surface area (Å²) in [5.41, 5.74) is 0.553. The summed E-state index contributed by atoms with van der Waals surface area (Å²) < 4.78 is 4.96. The molecule has 2 aromatic rings. The Kier molecular flexibility index (Phi) is 3.85. The molecule has 23 heavy (non-hydrogen) atoms. The van der Waals surface area contributed by atoms with E-state index < -0.39 is 11.4 Å². The van der Waals surface area contributed by atoms with Gasteiger partial charge in [0.25, 0.3) is 5.91 Å². The number of aliphatic carboxylic acids is 1. The molecule has 1 saturated heterocycles. The molecular weight excluding hydrogens is 320 g/mol. The first-order chi connectivity index (χ1) is 10.9. The van der Waals surface area contributed by atoms with Crippen LogP contribution in [0, 0.1) is 5.41 Å². The van der Waals surface area contributed by atoms with Crippen LogP contribution in [-0.2, 0) is 4.79 Å². The van der Waals surface area contributed by atoms with Crippen molar-refractivity contribution < 1.29 is 19.2 Å². The maximum atomic E-state index is 12.7. The van der Waals surface area contributed by atoms with E-state index in [9.17, 15) is 14.7 Å². The molecular formula is C16H15ClN2O4. The molecule has 3 rings (SSSR count). The van der Waals surface area contributed by atoms with Gasteiger partial charge in [-0.2, -0.15) is 0 Å². The number of hydrogen-bond donors (Lipinski definition) is 1. The van der Waals surface area contributed by atoms with Crippen molar-refractivity contribution in [1.29, 1.82) is 0 Å². The van der Waals surface area contributed by atoms with E-state index in [1.807, 2.05) is 0 Å². The molecule has 0 saturated carbocycles. The number of halogens is 1. The van der Waals surface area contributed by atoms with E-state index in [0.717, 1.165) is 0 Å². The van der Waals surface area contributed by atoms with Gasteiger partial charge in [-0.1, -0.05) is 28.9 Å². The number of nitrogens with zero attached hydrogens (tertiary/aromatic N) is 2. The fourth-order valence-electron chi connectivity index (χ4n) is 2.68. The Balaban J connectivity index is 1.86. The molecule has 1 N–H and O–H groups in total. The van der Waals surface area contributed by atoms with E-state index >= 15 is 0 Å². The molecule has 1 fully saturated rings. The molecule has 0 radical (unpaired) electrons. The number of rotatable bonds is 3. The van der Waals surface area contributed by atoms with E-state index in [1.54, 1.807) is 31.2 Å². The summed E-state index contributed by atoms with van der Waals surface area (Å²) in [6, 6.07) is 6.92. The van der Waals surface area contributed by atoms with Gasteiger partial charge in [0.1, 0.15) is 17.5 Å². The van der Waals surface area contributed by atoms with Crippen LogP contribution in [0.1, 0.15) is 23.7 Å². The third-order valence-electron chi connectivity index (χ3n) is 4.19. The minimum atomic E-state index is -0.909. The molecule has 1 atom stereocenters. The number of carbonyl (C=O) groups is 2. The number of benzene rings is 1. The van der Waals surface area contributed by atoms with Crippen LogP contribution in [0.4, 0.5) is 0 Å². The average molecular weight is 335 g/mol. The first-order valence-corrected chi connectivity index (χ1v) is 7.51. The van der Waals surface area contributed by atoms with E-state index in [4.69, 9.17) is 16.1 Å². The zero-order valence-corrected chi connectivity index (χ0v) is 13.2. The predicted octanol–water partition coefficient (Wildman–Crippen LogP) is 2.93. The minimum Gasteiger partial charge on any atom is -0.481 e. The van der Waals surface area contributed by atoms with Crippen LogP contribution in [0.5, 0.6) is 0 Å². The van der Waals surface area contributed by atoms with Crippen molar-refractivity contribution in [3.63, 3.8) is 0 Å². The summed E-state index contributed by atoms with van der Waals surface area (Å²) in [5.74, 6) is -1.17. The Morgan fingerprint density at radius 3 is 2.65 bits per heavy atom. The number of amides is 1. The average Bonchev–Trinajstić information content (AvgIpc) is 3.15. The Labute approximate surface area is 137 Å². The van der Waals surface area contributed by atoms with Gasteiger partial charge in [-0.05, 0) is 25.5 Å². The fourth-order valence-corrected chi connectivity index (χ4v) is 2.81. The van der Waals surface area contributed by atoms with Crippen molar-refractivity contribution in [3.8, 4) is 11.3 Å². The van der Waals surface area contributed by atoms with Crippen molar-refractivity contribution in [2.45, 2.75) is 13.3 Å². The van der Waals surface area contributed by atoms with Crippen molar-refractivity contribution in [2.24, 2.45) is 5.41 Å². The van der Waals surface area contributed by atoms with Gasteiger partial charge in [0.15, 0.2) is 0 Å². The summed E-state index contributed by atoms with van der Waals surface area (Å²) in [6.07, 6.45) is 1.72. The number of carbonyl (C=O) groups excluding carboxylic acids is 1. The summed E-state index contributed by atoms with van der Waals surface area (Å²) >= 11 is 5.87. The Hall–Kier alpha value is -2.34. The van der Waals surface area contributed by atoms with Crippen LogP contribution in [0.2, 0.25) is 5.02 Å². The lowest BCUT2D eigenvalue weighted by Gasteiger charge is -2.19. The normalized spacial score (nSPS) is 20.7. The van der Waals surface area contributed by atoms with Crippen molar-refractivity contribution in [1.82, 2.24) is 10.1 Å². The highest BCUT2D eigenvalue weighted by atomic mass is 35.5. The quantitative estimate of drug-likeness (QED) is 0.933. The number of likely N-dealkylation sites (tertiary alicyclic amines) is 1. The van der Waals surface area contributed by atoms with Crippen LogP contribution in [0.15, 0.2) is 35.1 Å². The van der Waals surface area contributed by atoms with Gasteiger partial charge in [-0.25, -0.2) is 0 Å². The first kappa shape index (κ1) is 15.6. The lowest BCUT2D eigenvalue weighted by Crippen LogP contribution is -2.34. The van der Waals surface area contributed by atoms with Crippen LogP contribution >= 0.6 is 11.6 Å². The van der Waals surface area contributed by atoms with Gasteiger partial charge >= 0.3 is 5.97 Å². The molecule has 1 aromatic carbocycles. The van der Waals surface area contributed by atoms with E-state index in [-0.39, 0.29) is 12.5 Å². The highest BCUT2D eigenvalue weighted by Gasteiger charge is 2.42. The van der Waals surface area contributed by atoms with Crippen LogP contribution in [-0.4, -0.2) is 40.1 Å². The van der Waals surface area contributed by atoms with Gasteiger partial charge in [0.05, 0.1) is 5.41 Å². The monoisotopic (exact) mass is 334 g/mol. The second-order valence-electron chi connectivity index (χ2n) is 5.93. The van der Waals surface area contributed by atoms with Crippen LogP contribution in [0.3, 0.4) is 0 Å². The van der Waals surface area contributed by atoms with Gasteiger partial charge < -0.3 is 14.5 Å². The van der Waals surface area contributed by atoms with Gasteiger partial charge in [-0.3, -0.25) is 9.59 Å². The number of carboxylic acids is 1. The number of aromatic nitrogens is 1. The smallest absolute Gasteiger partial charge is 0.311 e. The lowest BCUT2D eigenvalue weighted by atomic mass is 9.90. The van der Waals surface area contributed by atoms with E-state index in [0.29, 0.717) is 34.8 Å². The zero-order chi connectivity index (χ0) is 16.6. The topological polar surface area (TPSA) is 83.6 Å². The second-order valence-corrected chi connectivity index (χ2v) is 6.36. The highest BCUT2D eigenvalue weighted by molar-refractivity contribution is 6.30. The highest BCUT2D eigenvalue weighted by Crippen LogP contribution is 2.32. The maximum Gasteiger partial charge on any atom is 0.311 e. The fraction of sp³-hybridized carbons (Fsp3) is 0.312. The van der Waals surface area contributed by atoms with Gasteiger partial charge in [0, 0.05) is 23.7 Å². The Morgan fingerprint density at radius 2 is 2.04 bits per heavy atom. The maximum absolute atomic E-state index is 12.7. The first-order valence-electron chi connectivity index (χ1n) is 7.14. The number of carboxylic acid groups (broad SMARTS) is 1. The van der Waals surface area contributed by atoms with Crippen molar-refractivity contribution >= 4 is 23.5 Å². The zero-order valence-electron chi connectivity index (χ0n) is 12.5. The molecule has 1 aromatic heterocycles. The van der Waals surface area contributed by atoms with Gasteiger partial charge in [-0.15, -0.1) is 0 Å². The summed E-state index contributed by atoms with van der Waals surface area (Å²) in [7, 11) is 0. The van der Waals surface area contributed by atoms with E-state index in [1.165, 1.54) is 11.2 Å². The minimum absolute atomic E-state index is 0.173. The Morgan fingerprint density at radius 1 is 1.35 bits per heavy atom. The standard InChI is InChI=1S/C16H15ClN2O4/c1-16(15(21)22)6-7-19(9-16)14(20)12-8-23-18-13(12)10-2-4-11(17)5-3-10/h2-5,8H,6-7,9H2,1H3,(H,21,22)/t16-/m0/s1. The molecule has 0 aliphatic carbocycles. The second kappa shape index (κ2) is 5.70. The van der Waals surface area contributed by atoms with Crippen molar-refractivity contribution in [3.05, 3.63) is 41.1 Å². The van der Waals surface area contributed by atoms with E-state index in [2.05, 4.69) is 5.16 Å². The number of hydrogen-bond acceptors (Lipinski definition) is 4. The molecule has 6 nitrogen and oxygen atoms in total. The molecule has 0 bridgehead atoms. The molecule has 2 heterocycles. The largest absolute Gasteiger partial charge is 0.481 e. The van der Waals surface area contributed by atoms with Crippen molar-refractivity contribution in [2.75, 3.05) is 13.1 Å². The summed E-state index contributed by atoms with van der Waals surface area (Å²) in [6.45, 7) is 2.22. The third-order valence-corrected chi connectivity index (χ3v) is 4.45. The van der Waals surface area contributed by atoms with Crippen LogP contribution < -0.4 is 0 Å². The molecule has 1 aliphatic heterocycles. The molecule has 0 unspecified atom stereocenters. The molecule has 1 aliphatic rings. The van der Waals surface area contributed by atoms with Gasteiger partial charge in [0.2, 0.25) is 0 Å². The lowest BCUT2D eigenvalue weighted by molar-refractivity contribution is -0.147. The summed E-state index contributed by atoms with van der Waals surface area (Å²) in [4.78, 5) is 25.5. The SMILES string of the molecule is C[C@]1(C(=O)O)CCN(C(=O)c2conc2-c2ccc(Cl)cc2)C1.